The highest BCUT2D eigenvalue weighted by atomic mass is 32.1. The number of furan rings is 1. The molecular weight excluding hydrogens is 406 g/mol. The number of ether oxygens (including phenoxy) is 2. The first-order valence-electron chi connectivity index (χ1n) is 9.56. The number of hydrogen-bond donors (Lipinski definition) is 0. The third-order valence-corrected chi connectivity index (χ3v) is 6.61. The monoisotopic (exact) mass is 425 g/mol. The van der Waals surface area contributed by atoms with Crippen molar-refractivity contribution < 1.29 is 18.7 Å². The second-order valence-corrected chi connectivity index (χ2v) is 8.61. The number of thiophene rings is 1. The Balaban J connectivity index is 1.18. The molecule has 5 nitrogen and oxygen atoms in total. The highest BCUT2D eigenvalue weighted by Gasteiger charge is 2.18. The Hall–Kier alpha value is -2.64. The first-order valence-corrected chi connectivity index (χ1v) is 11.4. The summed E-state index contributed by atoms with van der Waals surface area (Å²) in [5.41, 5.74) is 4.01. The van der Waals surface area contributed by atoms with Gasteiger partial charge in [-0.05, 0) is 48.9 Å². The summed E-state index contributed by atoms with van der Waals surface area (Å²) in [6.07, 6.45) is 4.39. The van der Waals surface area contributed by atoms with Crippen molar-refractivity contribution in [3.63, 3.8) is 0 Å². The molecule has 148 valence electrons. The van der Waals surface area contributed by atoms with Crippen LogP contribution in [0.15, 0.2) is 44.8 Å². The molecule has 1 aliphatic carbocycles. The third kappa shape index (κ3) is 3.93. The Morgan fingerprint density at radius 3 is 3.00 bits per heavy atom. The largest absolute Gasteiger partial charge is 0.482 e. The van der Waals surface area contributed by atoms with Gasteiger partial charge in [0, 0.05) is 33.7 Å². The number of nitrogens with zero attached hydrogens (tertiary/aromatic N) is 1. The quantitative estimate of drug-likeness (QED) is 0.375. The summed E-state index contributed by atoms with van der Waals surface area (Å²) in [6.45, 7) is 0.0180. The Kier molecular flexibility index (Phi) is 5.08. The zero-order chi connectivity index (χ0) is 19.6. The van der Waals surface area contributed by atoms with Gasteiger partial charge in [0.15, 0.2) is 6.61 Å². The van der Waals surface area contributed by atoms with Crippen LogP contribution in [0.4, 0.5) is 0 Å². The molecule has 29 heavy (non-hydrogen) atoms. The van der Waals surface area contributed by atoms with Crippen molar-refractivity contribution in [3.8, 4) is 16.3 Å². The Morgan fingerprint density at radius 2 is 2.10 bits per heavy atom. The fourth-order valence-electron chi connectivity index (χ4n) is 3.56. The molecular formula is C22H19NO4S2. The van der Waals surface area contributed by atoms with Crippen LogP contribution >= 0.6 is 22.7 Å². The van der Waals surface area contributed by atoms with E-state index in [9.17, 15) is 4.79 Å². The predicted octanol–water partition coefficient (Wildman–Crippen LogP) is 5.62. The molecule has 0 fully saturated rings. The van der Waals surface area contributed by atoms with E-state index in [0.29, 0.717) is 5.75 Å². The molecule has 0 saturated carbocycles. The number of benzene rings is 1. The van der Waals surface area contributed by atoms with E-state index in [-0.39, 0.29) is 13.2 Å². The number of carbonyl (C=O) groups is 1. The SMILES string of the molecule is O=C(COc1ccc2oc3c(c2c1)CCCC3)OCc1csc(-c2ccsc2)n1. The van der Waals surface area contributed by atoms with E-state index < -0.39 is 5.97 Å². The molecule has 1 aliphatic rings. The van der Waals surface area contributed by atoms with E-state index in [1.807, 2.05) is 35.0 Å². The van der Waals surface area contributed by atoms with Crippen LogP contribution in [0.1, 0.15) is 29.9 Å². The maximum atomic E-state index is 12.1. The molecule has 0 aliphatic heterocycles. The minimum Gasteiger partial charge on any atom is -0.482 e. The van der Waals surface area contributed by atoms with Crippen LogP contribution < -0.4 is 4.74 Å². The summed E-state index contributed by atoms with van der Waals surface area (Å²) in [5.74, 6) is 1.33. The Labute approximate surface area is 175 Å². The van der Waals surface area contributed by atoms with Gasteiger partial charge in [-0.3, -0.25) is 0 Å². The number of thiazole rings is 1. The molecule has 7 heteroatoms. The lowest BCUT2D eigenvalue weighted by molar-refractivity contribution is -0.147. The van der Waals surface area contributed by atoms with Gasteiger partial charge in [0.1, 0.15) is 28.7 Å². The fourth-order valence-corrected chi connectivity index (χ4v) is 5.08. The first-order chi connectivity index (χ1) is 14.3. The zero-order valence-corrected chi connectivity index (χ0v) is 17.3. The van der Waals surface area contributed by atoms with E-state index in [1.165, 1.54) is 18.4 Å². The number of aryl methyl sites for hydroxylation is 2. The number of carbonyl (C=O) groups excluding carboxylic acids is 1. The van der Waals surface area contributed by atoms with Crippen LogP contribution in [0, 0.1) is 0 Å². The lowest BCUT2D eigenvalue weighted by atomic mass is 9.96. The van der Waals surface area contributed by atoms with Gasteiger partial charge >= 0.3 is 5.97 Å². The van der Waals surface area contributed by atoms with Crippen molar-refractivity contribution in [3.05, 3.63) is 57.4 Å². The van der Waals surface area contributed by atoms with E-state index in [4.69, 9.17) is 13.9 Å². The molecule has 0 radical (unpaired) electrons. The van der Waals surface area contributed by atoms with Gasteiger partial charge in [-0.25, -0.2) is 9.78 Å². The van der Waals surface area contributed by atoms with E-state index in [0.717, 1.165) is 45.8 Å². The first kappa shape index (κ1) is 18.4. The lowest BCUT2D eigenvalue weighted by Gasteiger charge is -2.09. The van der Waals surface area contributed by atoms with Crippen LogP contribution in [0.25, 0.3) is 21.5 Å². The average molecular weight is 426 g/mol. The van der Waals surface area contributed by atoms with E-state index >= 15 is 0 Å². The Morgan fingerprint density at radius 1 is 1.17 bits per heavy atom. The summed E-state index contributed by atoms with van der Waals surface area (Å²) in [5, 5.41) is 8.01. The fraction of sp³-hybridized carbons (Fsp3) is 0.273. The highest BCUT2D eigenvalue weighted by molar-refractivity contribution is 7.14. The van der Waals surface area contributed by atoms with Crippen molar-refractivity contribution in [1.29, 1.82) is 0 Å². The van der Waals surface area contributed by atoms with Gasteiger partial charge in [-0.2, -0.15) is 11.3 Å². The molecule has 0 unspecified atom stereocenters. The summed E-state index contributed by atoms with van der Waals surface area (Å²) >= 11 is 3.18. The second kappa shape index (κ2) is 8.00. The van der Waals surface area contributed by atoms with E-state index in [1.54, 1.807) is 22.7 Å². The second-order valence-electron chi connectivity index (χ2n) is 6.97. The normalized spacial score (nSPS) is 13.4. The molecule has 0 saturated heterocycles. The van der Waals surface area contributed by atoms with Crippen molar-refractivity contribution in [1.82, 2.24) is 4.98 Å². The minimum atomic E-state index is -0.413. The smallest absolute Gasteiger partial charge is 0.344 e. The van der Waals surface area contributed by atoms with Crippen LogP contribution in [0.2, 0.25) is 0 Å². The van der Waals surface area contributed by atoms with Gasteiger partial charge in [0.25, 0.3) is 0 Å². The lowest BCUT2D eigenvalue weighted by Crippen LogP contribution is -2.14. The minimum absolute atomic E-state index is 0.132. The van der Waals surface area contributed by atoms with Crippen molar-refractivity contribution >= 4 is 39.6 Å². The summed E-state index contributed by atoms with van der Waals surface area (Å²) in [7, 11) is 0. The van der Waals surface area contributed by atoms with Crippen molar-refractivity contribution in [2.24, 2.45) is 0 Å². The molecule has 1 aromatic carbocycles. The average Bonchev–Trinajstić information content (AvgIpc) is 3.49. The molecule has 0 atom stereocenters. The van der Waals surface area contributed by atoms with Crippen molar-refractivity contribution in [2.75, 3.05) is 6.61 Å². The standard InChI is InChI=1S/C22H19NO4S2/c24-21(26-10-15-13-29-22(23-15)14-7-8-28-12-14)11-25-16-5-6-20-18(9-16)17-3-1-2-4-19(17)27-20/h5-9,12-13H,1-4,10-11H2. The maximum Gasteiger partial charge on any atom is 0.344 e. The Bertz CT molecular complexity index is 1140. The third-order valence-electron chi connectivity index (χ3n) is 4.98. The summed E-state index contributed by atoms with van der Waals surface area (Å²) in [6, 6.07) is 7.73. The molecule has 0 bridgehead atoms. The highest BCUT2D eigenvalue weighted by Crippen LogP contribution is 2.34. The maximum absolute atomic E-state index is 12.1. The molecule has 3 heterocycles. The summed E-state index contributed by atoms with van der Waals surface area (Å²) in [4.78, 5) is 16.6. The summed E-state index contributed by atoms with van der Waals surface area (Å²) < 4.78 is 16.9. The number of fused-ring (bicyclic) bond motifs is 3. The van der Waals surface area contributed by atoms with Gasteiger partial charge < -0.3 is 13.9 Å². The van der Waals surface area contributed by atoms with Crippen LogP contribution in [0.5, 0.6) is 5.75 Å². The number of rotatable bonds is 6. The molecule has 0 spiro atoms. The predicted molar refractivity (Wildman–Crippen MR) is 114 cm³/mol. The van der Waals surface area contributed by atoms with Crippen LogP contribution in [-0.2, 0) is 29.0 Å². The molecule has 0 amide bonds. The van der Waals surface area contributed by atoms with Crippen LogP contribution in [0.3, 0.4) is 0 Å². The number of aromatic nitrogens is 1. The van der Waals surface area contributed by atoms with Crippen LogP contribution in [-0.4, -0.2) is 17.6 Å². The van der Waals surface area contributed by atoms with E-state index in [2.05, 4.69) is 10.4 Å². The molecule has 4 aromatic rings. The van der Waals surface area contributed by atoms with Crippen molar-refractivity contribution in [2.45, 2.75) is 32.3 Å². The van der Waals surface area contributed by atoms with Gasteiger partial charge in [0.05, 0.1) is 5.69 Å². The molecule has 5 rings (SSSR count). The topological polar surface area (TPSA) is 61.6 Å². The zero-order valence-electron chi connectivity index (χ0n) is 15.7. The van der Waals surface area contributed by atoms with Gasteiger partial charge in [-0.1, -0.05) is 0 Å². The van der Waals surface area contributed by atoms with Gasteiger partial charge in [-0.15, -0.1) is 11.3 Å². The number of esters is 1. The molecule has 0 N–H and O–H groups in total. The van der Waals surface area contributed by atoms with Gasteiger partial charge in [0.2, 0.25) is 0 Å². The molecule has 3 aromatic heterocycles. The number of hydrogen-bond acceptors (Lipinski definition) is 7.